The molecule has 1 N–H and O–H groups in total. The molecule has 1 aromatic rings. The molecule has 1 aromatic heterocycles. The number of aromatic carboxylic acids is 1. The van der Waals surface area contributed by atoms with Gasteiger partial charge in [-0.1, -0.05) is 0 Å². The van der Waals surface area contributed by atoms with Crippen molar-refractivity contribution in [2.24, 2.45) is 0 Å². The predicted molar refractivity (Wildman–Crippen MR) is 52.8 cm³/mol. The Morgan fingerprint density at radius 2 is 2.27 bits per heavy atom. The van der Waals surface area contributed by atoms with Gasteiger partial charge in [0, 0.05) is 0 Å². The van der Waals surface area contributed by atoms with Crippen LogP contribution in [0.25, 0.3) is 0 Å². The molecular formula is C10H14N2O3. The van der Waals surface area contributed by atoms with Crippen molar-refractivity contribution >= 4 is 5.97 Å². The van der Waals surface area contributed by atoms with Crippen LogP contribution in [-0.2, 0) is 17.9 Å². The second-order valence-corrected chi connectivity index (χ2v) is 4.42. The summed E-state index contributed by atoms with van der Waals surface area (Å²) >= 11 is 0. The summed E-state index contributed by atoms with van der Waals surface area (Å²) in [6, 6.07) is 0. The smallest absolute Gasteiger partial charge is 0.339 e. The zero-order valence-electron chi connectivity index (χ0n) is 9.07. The Bertz CT molecular complexity index is 421. The fourth-order valence-electron chi connectivity index (χ4n) is 1.86. The number of aryl methyl sites for hydroxylation is 1. The summed E-state index contributed by atoms with van der Waals surface area (Å²) in [7, 11) is 0. The highest BCUT2D eigenvalue weighted by Crippen LogP contribution is 2.25. The third-order valence-corrected chi connectivity index (χ3v) is 2.58. The summed E-state index contributed by atoms with van der Waals surface area (Å²) in [6.45, 7) is 6.55. The molecule has 0 amide bonds. The second-order valence-electron chi connectivity index (χ2n) is 4.42. The van der Waals surface area contributed by atoms with Crippen molar-refractivity contribution < 1.29 is 14.6 Å². The average molecular weight is 210 g/mol. The van der Waals surface area contributed by atoms with Crippen LogP contribution in [0.2, 0.25) is 0 Å². The number of nitrogens with zero attached hydrogens (tertiary/aromatic N) is 2. The van der Waals surface area contributed by atoms with Crippen molar-refractivity contribution in [3.05, 3.63) is 17.0 Å². The van der Waals surface area contributed by atoms with E-state index in [0.29, 0.717) is 24.5 Å². The SMILES string of the molecule is Cc1nn2c(c1C(=O)O)COC(C)(C)C2. The monoisotopic (exact) mass is 210 g/mol. The molecule has 15 heavy (non-hydrogen) atoms. The summed E-state index contributed by atoms with van der Waals surface area (Å²) in [5.74, 6) is -0.933. The van der Waals surface area contributed by atoms with E-state index in [-0.39, 0.29) is 11.2 Å². The topological polar surface area (TPSA) is 64.4 Å². The van der Waals surface area contributed by atoms with Crippen molar-refractivity contribution in [1.82, 2.24) is 9.78 Å². The molecule has 5 nitrogen and oxygen atoms in total. The highest BCUT2D eigenvalue weighted by atomic mass is 16.5. The molecule has 0 aromatic carbocycles. The van der Waals surface area contributed by atoms with Crippen LogP contribution < -0.4 is 0 Å². The van der Waals surface area contributed by atoms with E-state index >= 15 is 0 Å². The minimum Gasteiger partial charge on any atom is -0.478 e. The maximum Gasteiger partial charge on any atom is 0.339 e. The Balaban J connectivity index is 2.48. The molecule has 2 heterocycles. The first-order valence-corrected chi connectivity index (χ1v) is 4.84. The molecule has 1 aliphatic heterocycles. The molecular weight excluding hydrogens is 196 g/mol. The third kappa shape index (κ3) is 1.63. The molecule has 5 heteroatoms. The number of rotatable bonds is 1. The standard InChI is InChI=1S/C10H14N2O3/c1-6-8(9(13)14)7-4-15-10(2,3)5-12(7)11-6/h4-5H2,1-3H3,(H,13,14). The maximum absolute atomic E-state index is 11.0. The highest BCUT2D eigenvalue weighted by Gasteiger charge is 2.31. The summed E-state index contributed by atoms with van der Waals surface area (Å²) in [5.41, 5.74) is 1.23. The highest BCUT2D eigenvalue weighted by molar-refractivity contribution is 5.90. The minimum absolute atomic E-state index is 0.277. The van der Waals surface area contributed by atoms with Crippen molar-refractivity contribution in [3.63, 3.8) is 0 Å². The molecule has 82 valence electrons. The van der Waals surface area contributed by atoms with Crippen molar-refractivity contribution in [2.45, 2.75) is 39.5 Å². The lowest BCUT2D eigenvalue weighted by atomic mass is 10.1. The first-order valence-electron chi connectivity index (χ1n) is 4.84. The van der Waals surface area contributed by atoms with Gasteiger partial charge in [-0.15, -0.1) is 0 Å². The fraction of sp³-hybridized carbons (Fsp3) is 0.600. The van der Waals surface area contributed by atoms with E-state index in [1.807, 2.05) is 13.8 Å². The first kappa shape index (κ1) is 10.2. The van der Waals surface area contributed by atoms with Gasteiger partial charge in [0.15, 0.2) is 0 Å². The summed E-state index contributed by atoms with van der Waals surface area (Å²) in [4.78, 5) is 11.0. The van der Waals surface area contributed by atoms with Crippen molar-refractivity contribution in [3.8, 4) is 0 Å². The number of ether oxygens (including phenoxy) is 1. The molecule has 0 radical (unpaired) electrons. The molecule has 0 atom stereocenters. The Morgan fingerprint density at radius 1 is 1.60 bits per heavy atom. The number of fused-ring (bicyclic) bond motifs is 1. The molecule has 1 aliphatic rings. The minimum atomic E-state index is -0.933. The number of aromatic nitrogens is 2. The number of carboxylic acids is 1. The number of hydrogen-bond donors (Lipinski definition) is 1. The van der Waals surface area contributed by atoms with Crippen LogP contribution in [0.15, 0.2) is 0 Å². The molecule has 0 saturated carbocycles. The number of carbonyl (C=O) groups is 1. The molecule has 0 bridgehead atoms. The van der Waals surface area contributed by atoms with Gasteiger partial charge in [-0.3, -0.25) is 4.68 Å². The molecule has 0 aliphatic carbocycles. The lowest BCUT2D eigenvalue weighted by Gasteiger charge is -2.30. The van der Waals surface area contributed by atoms with Gasteiger partial charge in [-0.2, -0.15) is 5.10 Å². The molecule has 0 saturated heterocycles. The average Bonchev–Trinajstić information content (AvgIpc) is 2.37. The zero-order valence-corrected chi connectivity index (χ0v) is 9.07. The Kier molecular flexibility index (Phi) is 2.08. The molecule has 0 fully saturated rings. The van der Waals surface area contributed by atoms with Gasteiger partial charge in [0.2, 0.25) is 0 Å². The summed E-state index contributed by atoms with van der Waals surface area (Å²) < 4.78 is 7.31. The first-order chi connectivity index (χ1) is 6.91. The van der Waals surface area contributed by atoms with Crippen LogP contribution in [0.5, 0.6) is 0 Å². The van der Waals surface area contributed by atoms with Crippen LogP contribution in [0.1, 0.15) is 35.6 Å². The van der Waals surface area contributed by atoms with Gasteiger partial charge >= 0.3 is 5.97 Å². The van der Waals surface area contributed by atoms with Crippen molar-refractivity contribution in [2.75, 3.05) is 0 Å². The van der Waals surface area contributed by atoms with Crippen LogP contribution in [-0.4, -0.2) is 26.5 Å². The Labute approximate surface area is 87.7 Å². The van der Waals surface area contributed by atoms with E-state index in [1.165, 1.54) is 0 Å². The third-order valence-electron chi connectivity index (χ3n) is 2.58. The quantitative estimate of drug-likeness (QED) is 0.756. The van der Waals surface area contributed by atoms with E-state index in [2.05, 4.69) is 5.10 Å². The number of hydrogen-bond acceptors (Lipinski definition) is 3. The second kappa shape index (κ2) is 3.06. The van der Waals surface area contributed by atoms with Gasteiger partial charge < -0.3 is 9.84 Å². The summed E-state index contributed by atoms with van der Waals surface area (Å²) in [6.07, 6.45) is 0. The van der Waals surface area contributed by atoms with Crippen LogP contribution >= 0.6 is 0 Å². The van der Waals surface area contributed by atoms with E-state index in [4.69, 9.17) is 9.84 Å². The molecule has 2 rings (SSSR count). The van der Waals surface area contributed by atoms with E-state index < -0.39 is 5.97 Å². The molecule has 0 unspecified atom stereocenters. The van der Waals surface area contributed by atoms with Crippen LogP contribution in [0.3, 0.4) is 0 Å². The lowest BCUT2D eigenvalue weighted by molar-refractivity contribution is -0.0664. The zero-order chi connectivity index (χ0) is 11.2. The lowest BCUT2D eigenvalue weighted by Crippen LogP contribution is -2.36. The number of carboxylic acid groups (broad SMARTS) is 1. The van der Waals surface area contributed by atoms with Gasteiger partial charge in [-0.05, 0) is 20.8 Å². The largest absolute Gasteiger partial charge is 0.478 e. The molecule has 0 spiro atoms. The van der Waals surface area contributed by atoms with Crippen LogP contribution in [0, 0.1) is 6.92 Å². The predicted octanol–water partition coefficient (Wildman–Crippen LogP) is 1.20. The van der Waals surface area contributed by atoms with Crippen LogP contribution in [0.4, 0.5) is 0 Å². The van der Waals surface area contributed by atoms with Gasteiger partial charge in [0.25, 0.3) is 0 Å². The maximum atomic E-state index is 11.0. The van der Waals surface area contributed by atoms with Gasteiger partial charge in [0.1, 0.15) is 5.56 Å². The van der Waals surface area contributed by atoms with E-state index in [9.17, 15) is 4.79 Å². The van der Waals surface area contributed by atoms with Gasteiger partial charge in [0.05, 0.1) is 30.1 Å². The Hall–Kier alpha value is -1.36. The van der Waals surface area contributed by atoms with E-state index in [0.717, 1.165) is 0 Å². The fourth-order valence-corrected chi connectivity index (χ4v) is 1.86. The van der Waals surface area contributed by atoms with E-state index in [1.54, 1.807) is 11.6 Å². The van der Waals surface area contributed by atoms with Gasteiger partial charge in [-0.25, -0.2) is 4.79 Å². The Morgan fingerprint density at radius 3 is 2.87 bits per heavy atom. The summed E-state index contributed by atoms with van der Waals surface area (Å²) in [5, 5.41) is 13.3. The van der Waals surface area contributed by atoms with Crippen molar-refractivity contribution in [1.29, 1.82) is 0 Å². The normalized spacial score (nSPS) is 18.6.